The van der Waals surface area contributed by atoms with Gasteiger partial charge in [0.05, 0.1) is 18.2 Å². The van der Waals surface area contributed by atoms with E-state index in [0.29, 0.717) is 13.0 Å². The van der Waals surface area contributed by atoms with Crippen molar-refractivity contribution in [3.8, 4) is 0 Å². The first-order chi connectivity index (χ1) is 8.58. The van der Waals surface area contributed by atoms with Gasteiger partial charge in [0.15, 0.2) is 0 Å². The second kappa shape index (κ2) is 5.82. The Morgan fingerprint density at radius 1 is 1.56 bits per heavy atom. The number of carbonyl (C=O) groups is 1. The van der Waals surface area contributed by atoms with E-state index in [0.717, 1.165) is 10.0 Å². The van der Waals surface area contributed by atoms with Crippen molar-refractivity contribution in [1.82, 2.24) is 10.6 Å². The van der Waals surface area contributed by atoms with Crippen molar-refractivity contribution in [2.75, 3.05) is 6.54 Å². The van der Waals surface area contributed by atoms with Crippen LogP contribution in [0, 0.1) is 0 Å². The smallest absolute Gasteiger partial charge is 0.237 e. The number of nitrogens with one attached hydrogen (secondary N) is 2. The molecule has 1 aromatic carbocycles. The Bertz CT molecular complexity index is 439. The van der Waals surface area contributed by atoms with Gasteiger partial charge < -0.3 is 15.7 Å². The van der Waals surface area contributed by atoms with Crippen molar-refractivity contribution < 1.29 is 9.90 Å². The maximum absolute atomic E-state index is 12.0. The lowest BCUT2D eigenvalue weighted by molar-refractivity contribution is -0.123. The maximum atomic E-state index is 12.0. The number of carbonyl (C=O) groups excluding carboxylic acids is 1. The molecule has 2 rings (SSSR count). The van der Waals surface area contributed by atoms with E-state index in [1.54, 1.807) is 0 Å². The van der Waals surface area contributed by atoms with Crippen molar-refractivity contribution >= 4 is 21.8 Å². The van der Waals surface area contributed by atoms with E-state index in [1.165, 1.54) is 0 Å². The summed E-state index contributed by atoms with van der Waals surface area (Å²) < 4.78 is 0.984. The summed E-state index contributed by atoms with van der Waals surface area (Å²) in [6, 6.07) is 7.47. The third kappa shape index (κ3) is 3.10. The van der Waals surface area contributed by atoms with Gasteiger partial charge in [0, 0.05) is 11.0 Å². The van der Waals surface area contributed by atoms with E-state index < -0.39 is 6.10 Å². The minimum Gasteiger partial charge on any atom is -0.392 e. The molecule has 1 aromatic rings. The number of hydrogen-bond donors (Lipinski definition) is 3. The van der Waals surface area contributed by atoms with E-state index in [-0.39, 0.29) is 18.0 Å². The summed E-state index contributed by atoms with van der Waals surface area (Å²) in [6.07, 6.45) is 0.0636. The highest BCUT2D eigenvalue weighted by Gasteiger charge is 2.28. The molecule has 0 saturated carbocycles. The Kier molecular flexibility index (Phi) is 4.37. The molecule has 0 spiro atoms. The summed E-state index contributed by atoms with van der Waals surface area (Å²) in [5.41, 5.74) is 1.05. The number of aliphatic hydroxyl groups excluding tert-OH is 1. The Morgan fingerprint density at radius 3 is 2.89 bits per heavy atom. The van der Waals surface area contributed by atoms with Gasteiger partial charge in [-0.2, -0.15) is 0 Å². The van der Waals surface area contributed by atoms with Crippen molar-refractivity contribution in [2.24, 2.45) is 0 Å². The summed E-state index contributed by atoms with van der Waals surface area (Å²) in [7, 11) is 0. The second-order valence-electron chi connectivity index (χ2n) is 4.60. The lowest BCUT2D eigenvalue weighted by atomic mass is 10.1. The molecule has 3 N–H and O–H groups in total. The van der Waals surface area contributed by atoms with Crippen LogP contribution in [0.25, 0.3) is 0 Å². The molecule has 1 heterocycles. The Morgan fingerprint density at radius 2 is 2.28 bits per heavy atom. The van der Waals surface area contributed by atoms with E-state index in [9.17, 15) is 9.90 Å². The largest absolute Gasteiger partial charge is 0.392 e. The molecule has 3 atom stereocenters. The minimum absolute atomic E-state index is 0.0604. The van der Waals surface area contributed by atoms with Gasteiger partial charge in [0.25, 0.3) is 0 Å². The third-order valence-electron chi connectivity index (χ3n) is 3.15. The van der Waals surface area contributed by atoms with Gasteiger partial charge in [0.1, 0.15) is 0 Å². The van der Waals surface area contributed by atoms with E-state index in [4.69, 9.17) is 0 Å². The molecule has 4 nitrogen and oxygen atoms in total. The first kappa shape index (κ1) is 13.5. The average Bonchev–Trinajstić information content (AvgIpc) is 2.76. The van der Waals surface area contributed by atoms with Crippen LogP contribution in [0.2, 0.25) is 0 Å². The summed E-state index contributed by atoms with van der Waals surface area (Å²) in [6.45, 7) is 2.44. The lowest BCUT2D eigenvalue weighted by Gasteiger charge is -2.18. The summed E-state index contributed by atoms with van der Waals surface area (Å²) in [5.74, 6) is -0.0604. The maximum Gasteiger partial charge on any atom is 0.237 e. The van der Waals surface area contributed by atoms with Crippen LogP contribution < -0.4 is 10.6 Å². The summed E-state index contributed by atoms with van der Waals surface area (Å²) in [5, 5.41) is 15.4. The zero-order valence-corrected chi connectivity index (χ0v) is 11.8. The van der Waals surface area contributed by atoms with Gasteiger partial charge in [-0.25, -0.2) is 0 Å². The van der Waals surface area contributed by atoms with Crippen LogP contribution in [-0.4, -0.2) is 29.7 Å². The SMILES string of the molecule is CC(NC(=O)C1CC(O)CN1)c1ccccc1Br. The molecule has 3 unspecified atom stereocenters. The number of benzene rings is 1. The quantitative estimate of drug-likeness (QED) is 0.789. The van der Waals surface area contributed by atoms with Crippen molar-refractivity contribution in [1.29, 1.82) is 0 Å². The molecule has 5 heteroatoms. The van der Waals surface area contributed by atoms with Crippen molar-refractivity contribution in [2.45, 2.75) is 31.5 Å². The van der Waals surface area contributed by atoms with Gasteiger partial charge in [-0.3, -0.25) is 4.79 Å². The van der Waals surface area contributed by atoms with Crippen LogP contribution >= 0.6 is 15.9 Å². The monoisotopic (exact) mass is 312 g/mol. The summed E-state index contributed by atoms with van der Waals surface area (Å²) >= 11 is 3.47. The van der Waals surface area contributed by atoms with Crippen LogP contribution in [0.3, 0.4) is 0 Å². The fourth-order valence-electron chi connectivity index (χ4n) is 2.13. The first-order valence-electron chi connectivity index (χ1n) is 6.04. The molecular formula is C13H17BrN2O2. The molecular weight excluding hydrogens is 296 g/mol. The molecule has 1 fully saturated rings. The second-order valence-corrected chi connectivity index (χ2v) is 5.46. The van der Waals surface area contributed by atoms with Gasteiger partial charge >= 0.3 is 0 Å². The van der Waals surface area contributed by atoms with Crippen molar-refractivity contribution in [3.63, 3.8) is 0 Å². The Labute approximate surface area is 115 Å². The predicted octanol–water partition coefficient (Wildman–Crippen LogP) is 1.35. The number of rotatable bonds is 3. The normalized spacial score (nSPS) is 24.8. The van der Waals surface area contributed by atoms with Crippen LogP contribution in [-0.2, 0) is 4.79 Å². The standard InChI is InChI=1S/C13H17BrN2O2/c1-8(10-4-2-3-5-11(10)14)16-13(18)12-6-9(17)7-15-12/h2-5,8-9,12,15,17H,6-7H2,1H3,(H,16,18). The average molecular weight is 313 g/mol. The molecule has 0 bridgehead atoms. The molecule has 1 aliphatic heterocycles. The summed E-state index contributed by atoms with van der Waals surface area (Å²) in [4.78, 5) is 12.0. The lowest BCUT2D eigenvalue weighted by Crippen LogP contribution is -2.41. The zero-order valence-electron chi connectivity index (χ0n) is 10.2. The van der Waals surface area contributed by atoms with Gasteiger partial charge in [-0.15, -0.1) is 0 Å². The number of β-amino-alcohol motifs (C(OH)–C–C–N with tert-alkyl or cyclic N) is 1. The van der Waals surface area contributed by atoms with Crippen LogP contribution in [0.5, 0.6) is 0 Å². The molecule has 0 radical (unpaired) electrons. The van der Waals surface area contributed by atoms with E-state index in [2.05, 4.69) is 26.6 Å². The topological polar surface area (TPSA) is 61.4 Å². The molecule has 1 saturated heterocycles. The highest BCUT2D eigenvalue weighted by atomic mass is 79.9. The molecule has 1 aliphatic rings. The van der Waals surface area contributed by atoms with Crippen LogP contribution in [0.15, 0.2) is 28.7 Å². The van der Waals surface area contributed by atoms with Gasteiger partial charge in [0.2, 0.25) is 5.91 Å². The Hall–Kier alpha value is -0.910. The minimum atomic E-state index is -0.417. The predicted molar refractivity (Wildman–Crippen MR) is 73.1 cm³/mol. The van der Waals surface area contributed by atoms with E-state index >= 15 is 0 Å². The third-order valence-corrected chi connectivity index (χ3v) is 3.88. The molecule has 0 aromatic heterocycles. The van der Waals surface area contributed by atoms with Crippen LogP contribution in [0.4, 0.5) is 0 Å². The molecule has 0 aliphatic carbocycles. The Balaban J connectivity index is 1.97. The first-order valence-corrected chi connectivity index (χ1v) is 6.83. The van der Waals surface area contributed by atoms with Crippen LogP contribution in [0.1, 0.15) is 24.9 Å². The fraction of sp³-hybridized carbons (Fsp3) is 0.462. The number of hydrogen-bond acceptors (Lipinski definition) is 3. The highest BCUT2D eigenvalue weighted by Crippen LogP contribution is 2.23. The fourth-order valence-corrected chi connectivity index (χ4v) is 2.76. The molecule has 98 valence electrons. The highest BCUT2D eigenvalue weighted by molar-refractivity contribution is 9.10. The number of aliphatic hydroxyl groups is 1. The zero-order chi connectivity index (χ0) is 13.1. The van der Waals surface area contributed by atoms with Gasteiger partial charge in [-0.05, 0) is 25.0 Å². The number of amides is 1. The number of halogens is 1. The van der Waals surface area contributed by atoms with Gasteiger partial charge in [-0.1, -0.05) is 34.1 Å². The van der Waals surface area contributed by atoms with Crippen molar-refractivity contribution in [3.05, 3.63) is 34.3 Å². The molecule has 1 amide bonds. The van der Waals surface area contributed by atoms with E-state index in [1.807, 2.05) is 31.2 Å². The molecule has 18 heavy (non-hydrogen) atoms.